The van der Waals surface area contributed by atoms with Gasteiger partial charge in [-0.1, -0.05) is 30.0 Å². The van der Waals surface area contributed by atoms with Crippen LogP contribution in [0.2, 0.25) is 0 Å². The minimum Gasteiger partial charge on any atom is -0.465 e. The van der Waals surface area contributed by atoms with Gasteiger partial charge in [0.2, 0.25) is 0 Å². The molecule has 2 N–H and O–H groups in total. The molecule has 5 nitrogen and oxygen atoms in total. The van der Waals surface area contributed by atoms with Crippen molar-refractivity contribution in [3.8, 4) is 0 Å². The van der Waals surface area contributed by atoms with Crippen LogP contribution in [0.3, 0.4) is 0 Å². The number of benzene rings is 1. The van der Waals surface area contributed by atoms with E-state index < -0.39 is 12.3 Å². The van der Waals surface area contributed by atoms with Crippen LogP contribution in [0.25, 0.3) is 6.08 Å². The molecule has 0 aliphatic carbocycles. The molecule has 7 heteroatoms. The Morgan fingerprint density at radius 2 is 2.26 bits per heavy atom. The van der Waals surface area contributed by atoms with Crippen LogP contribution >= 0.6 is 24.0 Å². The summed E-state index contributed by atoms with van der Waals surface area (Å²) in [6, 6.07) is 6.67. The molecule has 2 aliphatic rings. The second-order valence-electron chi connectivity index (χ2n) is 5.67. The number of nitrogens with zero attached hydrogens (tertiary/aromatic N) is 2. The lowest BCUT2D eigenvalue weighted by Gasteiger charge is -2.22. The third-order valence-corrected chi connectivity index (χ3v) is 5.60. The normalized spacial score (nSPS) is 25.3. The predicted molar refractivity (Wildman–Crippen MR) is 96.7 cm³/mol. The van der Waals surface area contributed by atoms with Crippen LogP contribution in [0, 0.1) is 0 Å². The lowest BCUT2D eigenvalue weighted by atomic mass is 10.1. The van der Waals surface area contributed by atoms with Gasteiger partial charge >= 0.3 is 6.09 Å². The molecule has 1 saturated heterocycles. The van der Waals surface area contributed by atoms with E-state index in [0.717, 1.165) is 35.2 Å². The second kappa shape index (κ2) is 6.14. The van der Waals surface area contributed by atoms with Gasteiger partial charge in [0, 0.05) is 23.2 Å². The van der Waals surface area contributed by atoms with E-state index in [9.17, 15) is 9.90 Å². The molecular formula is C16H18N2O3S2. The maximum atomic E-state index is 11.1. The van der Waals surface area contributed by atoms with Crippen molar-refractivity contribution in [1.29, 1.82) is 0 Å². The summed E-state index contributed by atoms with van der Waals surface area (Å²) in [4.78, 5) is 14.8. The van der Waals surface area contributed by atoms with Gasteiger partial charge in [-0.15, -0.1) is 0 Å². The van der Waals surface area contributed by atoms with E-state index in [4.69, 9.17) is 17.3 Å². The van der Waals surface area contributed by atoms with Gasteiger partial charge in [0.25, 0.3) is 0 Å². The number of hydrogen-bond donors (Lipinski definition) is 2. The number of likely N-dealkylation sites (N-methyl/N-ethyl adjacent to an activating group) is 1. The minimum atomic E-state index is -1.24. The van der Waals surface area contributed by atoms with Crippen molar-refractivity contribution >= 4 is 46.2 Å². The number of amides is 1. The second-order valence-corrected chi connectivity index (χ2v) is 7.38. The Kier molecular flexibility index (Phi) is 4.35. The lowest BCUT2D eigenvalue weighted by molar-refractivity contribution is 0.0892. The number of aliphatic hydroxyl groups excluding tert-OH is 1. The molecule has 0 radical (unpaired) electrons. The summed E-state index contributed by atoms with van der Waals surface area (Å²) in [5.74, 6) is 0. The quantitative estimate of drug-likeness (QED) is 0.799. The van der Waals surface area contributed by atoms with Crippen molar-refractivity contribution in [3.05, 3.63) is 34.2 Å². The Hall–Kier alpha value is -1.57. The minimum absolute atomic E-state index is 0.156. The highest BCUT2D eigenvalue weighted by Gasteiger charge is 2.36. The van der Waals surface area contributed by atoms with Crippen LogP contribution in [0.5, 0.6) is 0 Å². The van der Waals surface area contributed by atoms with E-state index in [2.05, 4.69) is 30.9 Å². The zero-order valence-electron chi connectivity index (χ0n) is 12.9. The molecule has 3 rings (SSSR count). The van der Waals surface area contributed by atoms with Gasteiger partial charge in [0.1, 0.15) is 0 Å². The fourth-order valence-electron chi connectivity index (χ4n) is 3.17. The van der Waals surface area contributed by atoms with E-state index >= 15 is 0 Å². The number of anilines is 1. The number of rotatable bonds is 2. The molecule has 1 aromatic rings. The van der Waals surface area contributed by atoms with Crippen LogP contribution in [0.15, 0.2) is 23.1 Å². The van der Waals surface area contributed by atoms with Crippen molar-refractivity contribution < 1.29 is 15.0 Å². The van der Waals surface area contributed by atoms with Crippen LogP contribution in [-0.4, -0.2) is 44.3 Å². The van der Waals surface area contributed by atoms with E-state index in [1.54, 1.807) is 0 Å². The Bertz CT molecular complexity index is 705. The van der Waals surface area contributed by atoms with Crippen molar-refractivity contribution in [2.45, 2.75) is 32.5 Å². The van der Waals surface area contributed by atoms with Gasteiger partial charge < -0.3 is 15.1 Å². The smallest absolute Gasteiger partial charge is 0.415 e. The summed E-state index contributed by atoms with van der Waals surface area (Å²) in [5, 5.41) is 19.2. The molecular weight excluding hydrogens is 332 g/mol. The lowest BCUT2D eigenvalue weighted by Crippen LogP contribution is -2.36. The SMILES string of the molecule is CCN1c2ccc(/C=C3/SC(=S)N(C(=O)O)C3O)cc2CC1C. The molecule has 2 unspecified atom stereocenters. The number of thiocarbonyl (C=S) groups is 1. The van der Waals surface area contributed by atoms with E-state index in [-0.39, 0.29) is 4.32 Å². The van der Waals surface area contributed by atoms with Crippen LogP contribution < -0.4 is 4.90 Å². The maximum absolute atomic E-state index is 11.1. The first kappa shape index (κ1) is 16.3. The van der Waals surface area contributed by atoms with Crippen molar-refractivity contribution in [3.63, 3.8) is 0 Å². The fourth-order valence-corrected chi connectivity index (χ4v) is 4.52. The molecule has 1 aromatic carbocycles. The average molecular weight is 350 g/mol. The van der Waals surface area contributed by atoms with Gasteiger partial charge in [-0.05, 0) is 49.6 Å². The Morgan fingerprint density at radius 3 is 2.87 bits per heavy atom. The van der Waals surface area contributed by atoms with Gasteiger partial charge in [0.15, 0.2) is 10.5 Å². The summed E-state index contributed by atoms with van der Waals surface area (Å²) in [6.45, 7) is 5.33. The van der Waals surface area contributed by atoms with E-state index in [1.807, 2.05) is 12.1 Å². The first-order chi connectivity index (χ1) is 10.9. The Morgan fingerprint density at radius 1 is 1.52 bits per heavy atom. The van der Waals surface area contributed by atoms with Crippen molar-refractivity contribution in [2.24, 2.45) is 0 Å². The number of hydrogen-bond acceptors (Lipinski definition) is 5. The molecule has 2 heterocycles. The number of carboxylic acid groups (broad SMARTS) is 1. The van der Waals surface area contributed by atoms with Crippen molar-refractivity contribution in [1.82, 2.24) is 4.90 Å². The third kappa shape index (κ3) is 2.84. The highest BCUT2D eigenvalue weighted by molar-refractivity contribution is 8.26. The van der Waals surface area contributed by atoms with Gasteiger partial charge in [0.05, 0.1) is 0 Å². The predicted octanol–water partition coefficient (Wildman–Crippen LogP) is 3.13. The molecule has 2 atom stereocenters. The monoisotopic (exact) mass is 350 g/mol. The third-order valence-electron chi connectivity index (χ3n) is 4.22. The summed E-state index contributed by atoms with van der Waals surface area (Å²) in [5.41, 5.74) is 3.49. The Balaban J connectivity index is 1.89. The summed E-state index contributed by atoms with van der Waals surface area (Å²) in [6.07, 6.45) is 0.351. The largest absolute Gasteiger partial charge is 0.465 e. The van der Waals surface area contributed by atoms with Crippen LogP contribution in [0.4, 0.5) is 10.5 Å². The summed E-state index contributed by atoms with van der Waals surface area (Å²) in [7, 11) is 0. The molecule has 0 spiro atoms. The fraction of sp³-hybridized carbons (Fsp3) is 0.375. The maximum Gasteiger partial charge on any atom is 0.415 e. The molecule has 0 bridgehead atoms. The Labute approximate surface area is 144 Å². The average Bonchev–Trinajstić information content (AvgIpc) is 2.94. The first-order valence-corrected chi connectivity index (χ1v) is 8.68. The zero-order valence-corrected chi connectivity index (χ0v) is 14.5. The molecule has 1 amide bonds. The highest BCUT2D eigenvalue weighted by atomic mass is 32.2. The molecule has 2 aliphatic heterocycles. The zero-order chi connectivity index (χ0) is 16.7. The molecule has 0 aromatic heterocycles. The van der Waals surface area contributed by atoms with Crippen molar-refractivity contribution in [2.75, 3.05) is 11.4 Å². The standard InChI is InChI=1S/C16H18N2O3S2/c1-3-17-9(2)6-11-7-10(4-5-12(11)17)8-13-14(19)18(15(20)21)16(22)23-13/h4-5,7-9,14,19H,3,6H2,1-2H3,(H,20,21)/b13-8+. The number of aliphatic hydroxyl groups is 1. The molecule has 1 fully saturated rings. The van der Waals surface area contributed by atoms with E-state index in [0.29, 0.717) is 10.9 Å². The number of fused-ring (bicyclic) bond motifs is 1. The highest BCUT2D eigenvalue weighted by Crippen LogP contribution is 2.37. The first-order valence-electron chi connectivity index (χ1n) is 7.45. The van der Waals surface area contributed by atoms with E-state index in [1.165, 1.54) is 11.3 Å². The number of thioether (sulfide) groups is 1. The number of carbonyl (C=O) groups is 1. The summed E-state index contributed by atoms with van der Waals surface area (Å²) >= 11 is 6.13. The summed E-state index contributed by atoms with van der Waals surface area (Å²) < 4.78 is 0.156. The van der Waals surface area contributed by atoms with Gasteiger partial charge in [-0.25, -0.2) is 9.69 Å². The molecule has 23 heavy (non-hydrogen) atoms. The molecule has 122 valence electrons. The van der Waals surface area contributed by atoms with Crippen LogP contribution in [0.1, 0.15) is 25.0 Å². The molecule has 0 saturated carbocycles. The van der Waals surface area contributed by atoms with Gasteiger partial charge in [-0.2, -0.15) is 0 Å². The van der Waals surface area contributed by atoms with Gasteiger partial charge in [-0.3, -0.25) is 0 Å². The van der Waals surface area contributed by atoms with Crippen LogP contribution in [-0.2, 0) is 6.42 Å². The topological polar surface area (TPSA) is 64.0 Å².